The highest BCUT2D eigenvalue weighted by atomic mass is 16.3. The Bertz CT molecular complexity index is 965. The molecule has 0 bridgehead atoms. The molecule has 2 aliphatic heterocycles. The fraction of sp³-hybridized carbons (Fsp3) is 0.680. The van der Waals surface area contributed by atoms with Crippen molar-refractivity contribution in [2.75, 3.05) is 26.2 Å². The number of likely N-dealkylation sites (tertiary alicyclic amines) is 1. The standard InChI is InChI=1S/C25H36N4O3/c1-25(24(31)26-19-9-5-2-3-6-10-19)18-28-20-11-16-32-22(20)17-21(28)23(30)29(25)15-14-27-12-7-4-8-13-27/h11,16-17,19H,2-10,12-15,18H2,1H3,(H,26,31). The molecular formula is C25H36N4O3. The second kappa shape index (κ2) is 8.93. The van der Waals surface area contributed by atoms with Gasteiger partial charge in [0.05, 0.1) is 18.3 Å². The number of fused-ring (bicyclic) bond motifs is 3. The Kier molecular flexibility index (Phi) is 6.01. The van der Waals surface area contributed by atoms with E-state index in [1.807, 2.05) is 28.5 Å². The average molecular weight is 441 g/mol. The summed E-state index contributed by atoms with van der Waals surface area (Å²) < 4.78 is 7.55. The van der Waals surface area contributed by atoms with E-state index in [2.05, 4.69) is 10.2 Å². The lowest BCUT2D eigenvalue weighted by atomic mass is 9.93. The van der Waals surface area contributed by atoms with Gasteiger partial charge in [0.15, 0.2) is 5.58 Å². The predicted octanol–water partition coefficient (Wildman–Crippen LogP) is 3.77. The van der Waals surface area contributed by atoms with Crippen LogP contribution in [-0.4, -0.2) is 63.9 Å². The van der Waals surface area contributed by atoms with Gasteiger partial charge in [-0.3, -0.25) is 9.59 Å². The van der Waals surface area contributed by atoms with Crippen molar-refractivity contribution >= 4 is 22.9 Å². The lowest BCUT2D eigenvalue weighted by Crippen LogP contribution is -2.65. The zero-order valence-corrected chi connectivity index (χ0v) is 19.3. The number of carbonyl (C=O) groups excluding carboxylic acids is 2. The molecule has 1 unspecified atom stereocenters. The normalized spacial score (nSPS) is 25.7. The number of amides is 2. The van der Waals surface area contributed by atoms with Gasteiger partial charge in [0.25, 0.3) is 5.91 Å². The van der Waals surface area contributed by atoms with Crippen LogP contribution >= 0.6 is 0 Å². The summed E-state index contributed by atoms with van der Waals surface area (Å²) in [6.45, 7) is 5.94. The molecule has 2 aromatic rings. The summed E-state index contributed by atoms with van der Waals surface area (Å²) in [5.41, 5.74) is 1.29. The van der Waals surface area contributed by atoms with E-state index >= 15 is 0 Å². The van der Waals surface area contributed by atoms with E-state index in [0.717, 1.165) is 50.8 Å². The zero-order valence-electron chi connectivity index (χ0n) is 19.3. The molecule has 2 aromatic heterocycles. The van der Waals surface area contributed by atoms with Crippen molar-refractivity contribution in [2.24, 2.45) is 0 Å². The number of nitrogens with one attached hydrogen (secondary N) is 1. The van der Waals surface area contributed by atoms with Crippen LogP contribution in [0.3, 0.4) is 0 Å². The quantitative estimate of drug-likeness (QED) is 0.719. The highest BCUT2D eigenvalue weighted by Gasteiger charge is 2.48. The Morgan fingerprint density at radius 1 is 1.09 bits per heavy atom. The monoisotopic (exact) mass is 440 g/mol. The minimum absolute atomic E-state index is 0.0209. The van der Waals surface area contributed by atoms with Gasteiger partial charge in [-0.2, -0.15) is 0 Å². The molecule has 0 spiro atoms. The van der Waals surface area contributed by atoms with Crippen molar-refractivity contribution < 1.29 is 14.0 Å². The van der Waals surface area contributed by atoms with E-state index in [0.29, 0.717) is 24.4 Å². The first-order chi connectivity index (χ1) is 15.6. The van der Waals surface area contributed by atoms with Gasteiger partial charge in [0, 0.05) is 31.3 Å². The van der Waals surface area contributed by atoms with Crippen LogP contribution in [0.5, 0.6) is 0 Å². The van der Waals surface area contributed by atoms with Crippen LogP contribution in [0.25, 0.3) is 11.1 Å². The van der Waals surface area contributed by atoms with E-state index < -0.39 is 5.54 Å². The third kappa shape index (κ3) is 3.96. The van der Waals surface area contributed by atoms with Gasteiger partial charge in [0.1, 0.15) is 11.2 Å². The van der Waals surface area contributed by atoms with Crippen molar-refractivity contribution in [3.05, 3.63) is 24.1 Å². The van der Waals surface area contributed by atoms with Gasteiger partial charge in [-0.05, 0) is 45.7 Å². The Morgan fingerprint density at radius 3 is 2.56 bits per heavy atom. The summed E-state index contributed by atoms with van der Waals surface area (Å²) in [5.74, 6) is -0.0921. The first-order valence-corrected chi connectivity index (χ1v) is 12.5. The second-order valence-electron chi connectivity index (χ2n) is 10.1. The lowest BCUT2D eigenvalue weighted by molar-refractivity contribution is -0.133. The maximum atomic E-state index is 13.8. The van der Waals surface area contributed by atoms with Crippen molar-refractivity contribution in [1.29, 1.82) is 0 Å². The van der Waals surface area contributed by atoms with Crippen LogP contribution in [0, 0.1) is 0 Å². The van der Waals surface area contributed by atoms with Crippen LogP contribution in [0.2, 0.25) is 0 Å². The van der Waals surface area contributed by atoms with Crippen LogP contribution in [0.15, 0.2) is 22.8 Å². The minimum atomic E-state index is -0.921. The topological polar surface area (TPSA) is 70.7 Å². The molecule has 1 saturated heterocycles. The Labute approximate surface area is 190 Å². The molecule has 0 aromatic carbocycles. The molecule has 3 aliphatic rings. The third-order valence-corrected chi connectivity index (χ3v) is 7.82. The molecule has 1 atom stereocenters. The van der Waals surface area contributed by atoms with Gasteiger partial charge in [-0.15, -0.1) is 0 Å². The first-order valence-electron chi connectivity index (χ1n) is 12.5. The minimum Gasteiger partial charge on any atom is -0.463 e. The van der Waals surface area contributed by atoms with Crippen molar-refractivity contribution in [3.63, 3.8) is 0 Å². The molecule has 1 N–H and O–H groups in total. The Hall–Kier alpha value is -2.28. The van der Waals surface area contributed by atoms with E-state index in [4.69, 9.17) is 4.42 Å². The molecule has 4 heterocycles. The third-order valence-electron chi connectivity index (χ3n) is 7.82. The van der Waals surface area contributed by atoms with Gasteiger partial charge in [-0.25, -0.2) is 0 Å². The summed E-state index contributed by atoms with van der Waals surface area (Å²) in [7, 11) is 0. The summed E-state index contributed by atoms with van der Waals surface area (Å²) in [6.07, 6.45) is 12.2. The molecule has 32 heavy (non-hydrogen) atoms. The first kappa shape index (κ1) is 21.6. The van der Waals surface area contributed by atoms with Gasteiger partial charge >= 0.3 is 0 Å². The highest BCUT2D eigenvalue weighted by Crippen LogP contribution is 2.33. The largest absolute Gasteiger partial charge is 0.463 e. The highest BCUT2D eigenvalue weighted by molar-refractivity contribution is 6.02. The van der Waals surface area contributed by atoms with Crippen LogP contribution in [0.1, 0.15) is 75.2 Å². The smallest absolute Gasteiger partial charge is 0.271 e. The molecule has 5 rings (SSSR count). The van der Waals surface area contributed by atoms with Gasteiger partial charge in [0.2, 0.25) is 5.91 Å². The summed E-state index contributed by atoms with van der Waals surface area (Å²) >= 11 is 0. The van der Waals surface area contributed by atoms with E-state index in [9.17, 15) is 9.59 Å². The fourth-order valence-corrected chi connectivity index (χ4v) is 5.81. The molecule has 2 amide bonds. The molecule has 7 nitrogen and oxygen atoms in total. The molecule has 1 aliphatic carbocycles. The molecule has 7 heteroatoms. The predicted molar refractivity (Wildman–Crippen MR) is 124 cm³/mol. The number of hydrogen-bond acceptors (Lipinski definition) is 4. The maximum Gasteiger partial charge on any atom is 0.271 e. The maximum absolute atomic E-state index is 13.8. The number of piperidine rings is 1. The van der Waals surface area contributed by atoms with E-state index in [-0.39, 0.29) is 17.9 Å². The zero-order chi connectivity index (χ0) is 22.1. The Balaban J connectivity index is 1.42. The van der Waals surface area contributed by atoms with Gasteiger partial charge in [-0.1, -0.05) is 32.1 Å². The van der Waals surface area contributed by atoms with Crippen molar-refractivity contribution in [2.45, 2.75) is 82.8 Å². The summed E-state index contributed by atoms with van der Waals surface area (Å²) in [4.78, 5) is 31.7. The molecule has 1 saturated carbocycles. The van der Waals surface area contributed by atoms with Crippen LogP contribution in [0.4, 0.5) is 0 Å². The number of hydrogen-bond donors (Lipinski definition) is 1. The number of nitrogens with zero attached hydrogens (tertiary/aromatic N) is 3. The summed E-state index contributed by atoms with van der Waals surface area (Å²) in [6, 6.07) is 3.92. The number of aromatic nitrogens is 1. The van der Waals surface area contributed by atoms with Gasteiger partial charge < -0.3 is 24.1 Å². The summed E-state index contributed by atoms with van der Waals surface area (Å²) in [5, 5.41) is 3.34. The van der Waals surface area contributed by atoms with E-state index in [1.54, 1.807) is 6.26 Å². The fourth-order valence-electron chi connectivity index (χ4n) is 5.81. The molecule has 2 fully saturated rings. The van der Waals surface area contributed by atoms with Crippen molar-refractivity contribution in [1.82, 2.24) is 19.7 Å². The SMILES string of the molecule is CC1(C(=O)NC2CCCCCC2)Cn2c(cc3occc32)C(=O)N1CCN1CCCCC1. The number of furan rings is 1. The van der Waals surface area contributed by atoms with E-state index in [1.165, 1.54) is 32.1 Å². The lowest BCUT2D eigenvalue weighted by Gasteiger charge is -2.45. The average Bonchev–Trinajstić information content (AvgIpc) is 3.29. The molecule has 174 valence electrons. The van der Waals surface area contributed by atoms with Crippen molar-refractivity contribution in [3.8, 4) is 0 Å². The number of carbonyl (C=O) groups is 2. The van der Waals surface area contributed by atoms with Crippen LogP contribution in [-0.2, 0) is 11.3 Å². The number of rotatable bonds is 5. The Morgan fingerprint density at radius 2 is 1.81 bits per heavy atom. The second-order valence-corrected chi connectivity index (χ2v) is 10.1. The van der Waals surface area contributed by atoms with Crippen LogP contribution < -0.4 is 5.32 Å². The molecular weight excluding hydrogens is 404 g/mol. The molecule has 0 radical (unpaired) electrons.